The van der Waals surface area contributed by atoms with Crippen molar-refractivity contribution in [3.8, 4) is 0 Å². The third kappa shape index (κ3) is 3.65. The predicted octanol–water partition coefficient (Wildman–Crippen LogP) is 4.09. The Bertz CT molecular complexity index is 319. The molecule has 1 aromatic rings. The summed E-state index contributed by atoms with van der Waals surface area (Å²) < 4.78 is 5.68. The van der Waals surface area contributed by atoms with E-state index in [9.17, 15) is 0 Å². The first-order chi connectivity index (χ1) is 7.79. The Labute approximate surface area is 107 Å². The second-order valence-corrected chi connectivity index (χ2v) is 5.13. The van der Waals surface area contributed by atoms with Gasteiger partial charge >= 0.3 is 0 Å². The summed E-state index contributed by atoms with van der Waals surface area (Å²) in [5.41, 5.74) is 1.20. The highest BCUT2D eigenvalue weighted by Crippen LogP contribution is 2.29. The summed E-state index contributed by atoms with van der Waals surface area (Å²) in [4.78, 5) is 0. The first-order valence-corrected chi connectivity index (χ1v) is 6.60. The van der Waals surface area contributed by atoms with Gasteiger partial charge in [0.2, 0.25) is 0 Å². The van der Waals surface area contributed by atoms with Crippen molar-refractivity contribution in [2.24, 2.45) is 5.92 Å². The fraction of sp³-hybridized carbons (Fsp3) is 0.538. The zero-order valence-corrected chi connectivity index (χ0v) is 10.7. The van der Waals surface area contributed by atoms with Crippen molar-refractivity contribution in [1.82, 2.24) is 0 Å². The quantitative estimate of drug-likeness (QED) is 0.699. The molecule has 1 saturated carbocycles. The van der Waals surface area contributed by atoms with Gasteiger partial charge in [-0.05, 0) is 36.5 Å². The second kappa shape index (κ2) is 5.90. The van der Waals surface area contributed by atoms with Crippen molar-refractivity contribution in [3.05, 3.63) is 34.9 Å². The van der Waals surface area contributed by atoms with Gasteiger partial charge in [0.05, 0.1) is 6.61 Å². The van der Waals surface area contributed by atoms with Gasteiger partial charge in [-0.3, -0.25) is 0 Å². The van der Waals surface area contributed by atoms with Crippen LogP contribution < -0.4 is 0 Å². The van der Waals surface area contributed by atoms with Gasteiger partial charge in [0, 0.05) is 23.4 Å². The van der Waals surface area contributed by atoms with Crippen LogP contribution in [0.3, 0.4) is 0 Å². The van der Waals surface area contributed by atoms with E-state index in [1.54, 1.807) is 0 Å². The van der Waals surface area contributed by atoms with E-state index in [2.05, 4.69) is 0 Å². The minimum Gasteiger partial charge on any atom is -0.380 e. The van der Waals surface area contributed by atoms with Gasteiger partial charge in [0.1, 0.15) is 0 Å². The molecule has 88 valence electrons. The highest BCUT2D eigenvalue weighted by Gasteiger charge is 2.22. The number of rotatable bonds is 6. The minimum absolute atomic E-state index is 0.276. The average molecular weight is 259 g/mol. The Hall–Kier alpha value is -0.240. The van der Waals surface area contributed by atoms with Crippen LogP contribution in [0.1, 0.15) is 24.3 Å². The third-order valence-electron chi connectivity index (χ3n) is 2.90. The van der Waals surface area contributed by atoms with Crippen LogP contribution in [0.4, 0.5) is 0 Å². The molecule has 1 aromatic carbocycles. The molecule has 1 nitrogen and oxygen atoms in total. The number of alkyl halides is 1. The topological polar surface area (TPSA) is 9.23 Å². The summed E-state index contributed by atoms with van der Waals surface area (Å²) in [7, 11) is 0. The van der Waals surface area contributed by atoms with Crippen LogP contribution in [0.15, 0.2) is 24.3 Å². The third-order valence-corrected chi connectivity index (χ3v) is 3.52. The summed E-state index contributed by atoms with van der Waals surface area (Å²) in [6.45, 7) is 1.60. The molecular formula is C13H16Cl2O. The van der Waals surface area contributed by atoms with Gasteiger partial charge in [0.25, 0.3) is 0 Å². The zero-order chi connectivity index (χ0) is 11.4. The SMILES string of the molecule is ClCC(COCC1CC1)c1ccc(Cl)cc1. The molecule has 2 rings (SSSR count). The largest absolute Gasteiger partial charge is 0.380 e. The van der Waals surface area contributed by atoms with Gasteiger partial charge in [-0.25, -0.2) is 0 Å². The van der Waals surface area contributed by atoms with Crippen molar-refractivity contribution >= 4 is 23.2 Å². The van der Waals surface area contributed by atoms with Crippen LogP contribution in [-0.2, 0) is 4.74 Å². The van der Waals surface area contributed by atoms with E-state index in [0.29, 0.717) is 12.5 Å². The maximum Gasteiger partial charge on any atom is 0.0546 e. The summed E-state index contributed by atoms with van der Waals surface area (Å²) in [6, 6.07) is 7.85. The molecule has 16 heavy (non-hydrogen) atoms. The van der Waals surface area contributed by atoms with E-state index in [1.807, 2.05) is 24.3 Å². The van der Waals surface area contributed by atoms with E-state index >= 15 is 0 Å². The van der Waals surface area contributed by atoms with Gasteiger partial charge < -0.3 is 4.74 Å². The van der Waals surface area contributed by atoms with Crippen molar-refractivity contribution < 1.29 is 4.74 Å². The molecule has 0 saturated heterocycles. The summed E-state index contributed by atoms with van der Waals surface area (Å²) in [5, 5.41) is 0.760. The summed E-state index contributed by atoms with van der Waals surface area (Å²) in [5.74, 6) is 1.67. The molecule has 0 N–H and O–H groups in total. The Morgan fingerprint density at radius 2 is 1.94 bits per heavy atom. The Kier molecular flexibility index (Phi) is 4.51. The fourth-order valence-corrected chi connectivity index (χ4v) is 2.02. The standard InChI is InChI=1S/C13H16Cl2O/c14-7-12(9-16-8-10-1-2-10)11-3-5-13(15)6-4-11/h3-6,10,12H,1-2,7-9H2. The first kappa shape index (κ1) is 12.2. The minimum atomic E-state index is 0.276. The number of ether oxygens (including phenoxy) is 1. The molecular weight excluding hydrogens is 243 g/mol. The molecule has 0 aromatic heterocycles. The van der Waals surface area contributed by atoms with E-state index in [-0.39, 0.29) is 5.92 Å². The van der Waals surface area contributed by atoms with Crippen molar-refractivity contribution in [2.45, 2.75) is 18.8 Å². The Balaban J connectivity index is 1.84. The molecule has 1 aliphatic carbocycles. The van der Waals surface area contributed by atoms with Gasteiger partial charge in [-0.2, -0.15) is 0 Å². The summed E-state index contributed by atoms with van der Waals surface area (Å²) in [6.07, 6.45) is 2.65. The number of hydrogen-bond donors (Lipinski definition) is 0. The second-order valence-electron chi connectivity index (χ2n) is 4.38. The molecule has 1 atom stereocenters. The highest BCUT2D eigenvalue weighted by atomic mass is 35.5. The van der Waals surface area contributed by atoms with Gasteiger partial charge in [0.15, 0.2) is 0 Å². The van der Waals surface area contributed by atoms with Gasteiger partial charge in [-0.1, -0.05) is 23.7 Å². The number of hydrogen-bond acceptors (Lipinski definition) is 1. The summed E-state index contributed by atoms with van der Waals surface area (Å²) >= 11 is 11.8. The maximum atomic E-state index is 5.96. The molecule has 0 heterocycles. The lowest BCUT2D eigenvalue weighted by molar-refractivity contribution is 0.115. The van der Waals surface area contributed by atoms with E-state index < -0.39 is 0 Å². The smallest absolute Gasteiger partial charge is 0.0546 e. The monoisotopic (exact) mass is 258 g/mol. The molecule has 3 heteroatoms. The predicted molar refractivity (Wildman–Crippen MR) is 68.5 cm³/mol. The Morgan fingerprint density at radius 1 is 1.25 bits per heavy atom. The van der Waals surface area contributed by atoms with Gasteiger partial charge in [-0.15, -0.1) is 11.6 Å². The van der Waals surface area contributed by atoms with Crippen molar-refractivity contribution in [3.63, 3.8) is 0 Å². The molecule has 0 radical (unpaired) electrons. The van der Waals surface area contributed by atoms with Crippen molar-refractivity contribution in [2.75, 3.05) is 19.1 Å². The Morgan fingerprint density at radius 3 is 2.50 bits per heavy atom. The van der Waals surface area contributed by atoms with Crippen LogP contribution in [0.5, 0.6) is 0 Å². The normalized spacial score (nSPS) is 17.4. The maximum absolute atomic E-state index is 5.96. The van der Waals surface area contributed by atoms with E-state index in [1.165, 1.54) is 18.4 Å². The first-order valence-electron chi connectivity index (χ1n) is 5.68. The molecule has 0 amide bonds. The van der Waals surface area contributed by atoms with E-state index in [4.69, 9.17) is 27.9 Å². The van der Waals surface area contributed by atoms with Crippen molar-refractivity contribution in [1.29, 1.82) is 0 Å². The lowest BCUT2D eigenvalue weighted by Gasteiger charge is -2.14. The average Bonchev–Trinajstić information content (AvgIpc) is 3.10. The van der Waals surface area contributed by atoms with Crippen LogP contribution in [-0.4, -0.2) is 19.1 Å². The lowest BCUT2D eigenvalue weighted by atomic mass is 10.0. The fourth-order valence-electron chi connectivity index (χ4n) is 1.63. The number of halogens is 2. The van der Waals surface area contributed by atoms with Crippen LogP contribution in [0.2, 0.25) is 5.02 Å². The van der Waals surface area contributed by atoms with E-state index in [0.717, 1.165) is 17.5 Å². The van der Waals surface area contributed by atoms with Crippen LogP contribution in [0, 0.1) is 5.92 Å². The molecule has 0 spiro atoms. The highest BCUT2D eigenvalue weighted by molar-refractivity contribution is 6.30. The molecule has 0 aliphatic heterocycles. The van der Waals surface area contributed by atoms with Crippen LogP contribution >= 0.6 is 23.2 Å². The zero-order valence-electron chi connectivity index (χ0n) is 9.16. The molecule has 1 unspecified atom stereocenters. The molecule has 1 fully saturated rings. The lowest BCUT2D eigenvalue weighted by Crippen LogP contribution is -2.10. The van der Waals surface area contributed by atoms with Crippen LogP contribution in [0.25, 0.3) is 0 Å². The number of benzene rings is 1. The molecule has 1 aliphatic rings. The molecule has 0 bridgehead atoms.